The third kappa shape index (κ3) is 54.5. The molecule has 1 amide bonds. The predicted octanol–water partition coefficient (Wildman–Crippen LogP) is 21.2. The molecule has 6 N–H and O–H groups in total. The number of allylic oxidation sites excluding steroid dienone is 9. The Labute approximate surface area is 567 Å². The van der Waals surface area contributed by atoms with Gasteiger partial charge in [-0.05, 0) is 70.6 Å². The first-order valence-corrected chi connectivity index (χ1v) is 39.6. The quantitative estimate of drug-likeness (QED) is 0.0195. The standard InChI is InChI=1S/C81H149NO10/c1-4-7-10-13-16-19-22-25-27-29-31-33-35-37-39-40-42-44-46-48-50-53-56-59-62-65-68-74(85)80(89)82-72(73(84)67-64-61-58-55-52-24-21-18-15-12-9-6-3)71-90-81-79(78(88)77(87)75(70-83)91-81)92-76(86)69-66-63-60-57-54-51-49-47-45-43-41-38-36-34-32-30-28-26-23-20-17-14-11-8-5-2/h16,19,25,27,31,33,37,39,64,67,72-75,77-79,81,83-85,87-88H,4-15,17-18,20-24,26,28-30,32,34-36,38,40-63,65-66,68-71H2,1-3H3,(H,82,89)/b19-16-,27-25-,33-31-,39-37-,67-64+. The van der Waals surface area contributed by atoms with Gasteiger partial charge < -0.3 is 45.1 Å². The summed E-state index contributed by atoms with van der Waals surface area (Å²) in [7, 11) is 0. The van der Waals surface area contributed by atoms with Gasteiger partial charge in [0.1, 0.15) is 24.4 Å². The number of ether oxygens (including phenoxy) is 3. The Morgan fingerprint density at radius 3 is 1.14 bits per heavy atom. The highest BCUT2D eigenvalue weighted by molar-refractivity contribution is 5.80. The van der Waals surface area contributed by atoms with E-state index < -0.39 is 67.4 Å². The van der Waals surface area contributed by atoms with Crippen LogP contribution in [0.2, 0.25) is 0 Å². The Hall–Kier alpha value is -2.64. The van der Waals surface area contributed by atoms with Crippen LogP contribution in [0.3, 0.4) is 0 Å². The summed E-state index contributed by atoms with van der Waals surface area (Å²) < 4.78 is 17.8. The Kier molecular flexibility index (Phi) is 64.9. The number of hydrogen-bond donors (Lipinski definition) is 6. The topological polar surface area (TPSA) is 175 Å². The SMILES string of the molecule is CCCCC/C=C\C/C=C\C/C=C\C/C=C\CCCCCCCCCCCCC(O)C(=O)NC(COC1OC(CO)C(O)C(O)C1OC(=O)CCCCCCCCCCCCCCCCCCCCCCCCCCC)C(O)/C=C/CCCCCCCCCCCC. The minimum Gasteiger partial charge on any atom is -0.454 e. The van der Waals surface area contributed by atoms with E-state index in [4.69, 9.17) is 14.2 Å². The summed E-state index contributed by atoms with van der Waals surface area (Å²) >= 11 is 0. The molecule has 0 radical (unpaired) electrons. The lowest BCUT2D eigenvalue weighted by Gasteiger charge is -2.41. The summed E-state index contributed by atoms with van der Waals surface area (Å²) in [5.41, 5.74) is 0. The number of carbonyl (C=O) groups excluding carboxylic acids is 2. The zero-order valence-electron chi connectivity index (χ0n) is 60.2. The van der Waals surface area contributed by atoms with Gasteiger partial charge in [0, 0.05) is 6.42 Å². The fourth-order valence-corrected chi connectivity index (χ4v) is 12.5. The molecule has 11 nitrogen and oxygen atoms in total. The van der Waals surface area contributed by atoms with Crippen LogP contribution >= 0.6 is 0 Å². The van der Waals surface area contributed by atoms with E-state index in [9.17, 15) is 35.1 Å². The average Bonchev–Trinajstić information content (AvgIpc) is 0.881. The molecule has 1 heterocycles. The molecular formula is C81H149NO10. The minimum absolute atomic E-state index is 0.128. The van der Waals surface area contributed by atoms with Gasteiger partial charge in [0.05, 0.1) is 25.4 Å². The van der Waals surface area contributed by atoms with Gasteiger partial charge in [-0.25, -0.2) is 0 Å². The third-order valence-corrected chi connectivity index (χ3v) is 18.7. The van der Waals surface area contributed by atoms with E-state index in [0.29, 0.717) is 12.8 Å². The predicted molar refractivity (Wildman–Crippen MR) is 389 cm³/mol. The molecular weight excluding hydrogens is 1150 g/mol. The second-order valence-corrected chi connectivity index (χ2v) is 27.5. The van der Waals surface area contributed by atoms with Crippen LogP contribution in [-0.4, -0.2) is 99.6 Å². The van der Waals surface area contributed by atoms with Crippen molar-refractivity contribution in [2.24, 2.45) is 0 Å². The molecule has 1 fully saturated rings. The Morgan fingerprint density at radius 2 is 0.750 bits per heavy atom. The zero-order valence-corrected chi connectivity index (χ0v) is 60.2. The Bertz CT molecular complexity index is 1730. The molecule has 0 saturated carbocycles. The van der Waals surface area contributed by atoms with Crippen LogP contribution in [0.1, 0.15) is 380 Å². The van der Waals surface area contributed by atoms with Gasteiger partial charge in [0.15, 0.2) is 12.4 Å². The summed E-state index contributed by atoms with van der Waals surface area (Å²) in [6.07, 6.45) is 78.5. The van der Waals surface area contributed by atoms with Gasteiger partial charge in [-0.15, -0.1) is 0 Å². The van der Waals surface area contributed by atoms with Crippen molar-refractivity contribution >= 4 is 11.9 Å². The molecule has 0 spiro atoms. The van der Waals surface area contributed by atoms with Gasteiger partial charge in [0.25, 0.3) is 0 Å². The van der Waals surface area contributed by atoms with Crippen molar-refractivity contribution in [1.82, 2.24) is 5.32 Å². The first kappa shape index (κ1) is 87.4. The monoisotopic (exact) mass is 1300 g/mol. The van der Waals surface area contributed by atoms with E-state index in [0.717, 1.165) is 83.5 Å². The van der Waals surface area contributed by atoms with Crippen molar-refractivity contribution in [1.29, 1.82) is 0 Å². The van der Waals surface area contributed by atoms with Gasteiger partial charge in [-0.1, -0.05) is 364 Å². The van der Waals surface area contributed by atoms with E-state index in [1.54, 1.807) is 6.08 Å². The fraction of sp³-hybridized carbons (Fsp3) is 0.852. The van der Waals surface area contributed by atoms with E-state index in [-0.39, 0.29) is 19.4 Å². The first-order valence-electron chi connectivity index (χ1n) is 39.6. The summed E-state index contributed by atoms with van der Waals surface area (Å²) in [4.78, 5) is 26.8. The van der Waals surface area contributed by atoms with Gasteiger partial charge >= 0.3 is 5.97 Å². The maximum absolute atomic E-state index is 13.5. The van der Waals surface area contributed by atoms with Crippen LogP contribution in [0.15, 0.2) is 60.8 Å². The maximum Gasteiger partial charge on any atom is 0.306 e. The number of rotatable bonds is 69. The van der Waals surface area contributed by atoms with Crippen molar-refractivity contribution in [2.45, 2.75) is 429 Å². The number of unbranched alkanes of at least 4 members (excludes halogenated alkanes) is 47. The lowest BCUT2D eigenvalue weighted by atomic mass is 9.99. The van der Waals surface area contributed by atoms with E-state index in [1.807, 2.05) is 6.08 Å². The molecule has 92 heavy (non-hydrogen) atoms. The molecule has 1 aliphatic heterocycles. The summed E-state index contributed by atoms with van der Waals surface area (Å²) in [6.45, 7) is 5.82. The second kappa shape index (κ2) is 68.3. The highest BCUT2D eigenvalue weighted by Crippen LogP contribution is 2.27. The molecule has 0 aromatic heterocycles. The molecule has 0 aliphatic carbocycles. The van der Waals surface area contributed by atoms with Gasteiger partial charge in [-0.3, -0.25) is 9.59 Å². The largest absolute Gasteiger partial charge is 0.454 e. The highest BCUT2D eigenvalue weighted by Gasteiger charge is 2.47. The molecule has 1 rings (SSSR count). The molecule has 0 bridgehead atoms. The van der Waals surface area contributed by atoms with Crippen molar-refractivity contribution in [2.75, 3.05) is 13.2 Å². The van der Waals surface area contributed by atoms with Gasteiger partial charge in [-0.2, -0.15) is 0 Å². The molecule has 1 saturated heterocycles. The first-order chi connectivity index (χ1) is 45.2. The summed E-state index contributed by atoms with van der Waals surface area (Å²) in [6, 6.07) is -1.03. The number of aliphatic hydroxyl groups excluding tert-OH is 5. The molecule has 538 valence electrons. The molecule has 8 atom stereocenters. The average molecular weight is 1300 g/mol. The van der Waals surface area contributed by atoms with Crippen molar-refractivity contribution < 1.29 is 49.3 Å². The van der Waals surface area contributed by atoms with Gasteiger partial charge in [0.2, 0.25) is 5.91 Å². The molecule has 11 heteroatoms. The molecule has 0 aromatic rings. The van der Waals surface area contributed by atoms with E-state index >= 15 is 0 Å². The second-order valence-electron chi connectivity index (χ2n) is 27.5. The molecule has 0 aromatic carbocycles. The number of esters is 1. The van der Waals surface area contributed by atoms with Crippen LogP contribution in [-0.2, 0) is 23.8 Å². The summed E-state index contributed by atoms with van der Waals surface area (Å²) in [5, 5.41) is 57.4. The lowest BCUT2D eigenvalue weighted by molar-refractivity contribution is -0.305. The molecule has 1 aliphatic rings. The van der Waals surface area contributed by atoms with Crippen LogP contribution in [0.5, 0.6) is 0 Å². The maximum atomic E-state index is 13.5. The smallest absolute Gasteiger partial charge is 0.306 e. The van der Waals surface area contributed by atoms with Crippen molar-refractivity contribution in [3.8, 4) is 0 Å². The van der Waals surface area contributed by atoms with Crippen LogP contribution < -0.4 is 5.32 Å². The highest BCUT2D eigenvalue weighted by atomic mass is 16.7. The number of carbonyl (C=O) groups is 2. The number of aliphatic hydroxyl groups is 5. The van der Waals surface area contributed by atoms with Crippen molar-refractivity contribution in [3.63, 3.8) is 0 Å². The van der Waals surface area contributed by atoms with Crippen LogP contribution in [0.4, 0.5) is 0 Å². The molecule has 8 unspecified atom stereocenters. The van der Waals surface area contributed by atoms with E-state index in [2.05, 4.69) is 74.7 Å². The normalized spacial score (nSPS) is 18.2. The van der Waals surface area contributed by atoms with Crippen molar-refractivity contribution in [3.05, 3.63) is 60.8 Å². The zero-order chi connectivity index (χ0) is 66.7. The number of hydrogen-bond acceptors (Lipinski definition) is 10. The summed E-state index contributed by atoms with van der Waals surface area (Å²) in [5.74, 6) is -1.18. The van der Waals surface area contributed by atoms with Crippen LogP contribution in [0, 0.1) is 0 Å². The third-order valence-electron chi connectivity index (χ3n) is 18.7. The van der Waals surface area contributed by atoms with E-state index in [1.165, 1.54) is 250 Å². The Morgan fingerprint density at radius 1 is 0.424 bits per heavy atom. The number of amides is 1. The lowest BCUT2D eigenvalue weighted by Crippen LogP contribution is -2.61. The number of nitrogens with one attached hydrogen (secondary N) is 1. The fourth-order valence-electron chi connectivity index (χ4n) is 12.5. The minimum atomic E-state index is -1.61. The Balaban J connectivity index is 2.50. The van der Waals surface area contributed by atoms with Crippen LogP contribution in [0.25, 0.3) is 0 Å².